The smallest absolute Gasteiger partial charge is 0.335 e. The lowest BCUT2D eigenvalue weighted by molar-refractivity contribution is -0.425. The van der Waals surface area contributed by atoms with Crippen LogP contribution in [0, 0.1) is 10.1 Å². The van der Waals surface area contributed by atoms with Crippen LogP contribution in [0.2, 0.25) is 0 Å². The summed E-state index contributed by atoms with van der Waals surface area (Å²) in [7, 11) is -2.81. The fourth-order valence-electron chi connectivity index (χ4n) is 1.05. The van der Waals surface area contributed by atoms with Crippen LogP contribution in [0.5, 0.6) is 0 Å². The van der Waals surface area contributed by atoms with Crippen molar-refractivity contribution in [2.75, 3.05) is 0 Å². The molecule has 1 aliphatic rings. The number of aliphatic carboxylic acids is 1. The molecule has 1 unspecified atom stereocenters. The summed E-state index contributed by atoms with van der Waals surface area (Å²) >= 11 is 5.53. The highest BCUT2D eigenvalue weighted by Gasteiger charge is 2.33. The van der Waals surface area contributed by atoms with Gasteiger partial charge in [0.05, 0.1) is 10.5 Å². The first-order valence-electron chi connectivity index (χ1n) is 3.75. The van der Waals surface area contributed by atoms with E-state index in [1.807, 2.05) is 0 Å². The van der Waals surface area contributed by atoms with E-state index in [-0.39, 0.29) is 0 Å². The zero-order valence-electron chi connectivity index (χ0n) is 7.45. The van der Waals surface area contributed by atoms with Gasteiger partial charge in [-0.2, -0.15) is 8.42 Å². The van der Waals surface area contributed by atoms with Gasteiger partial charge in [-0.3, -0.25) is 10.1 Å². The molecular weight excluding hydrogens is 262 g/mol. The van der Waals surface area contributed by atoms with Crippen LogP contribution < -0.4 is 0 Å². The summed E-state index contributed by atoms with van der Waals surface area (Å²) < 4.78 is 21.4. The molecule has 1 rings (SSSR count). The predicted octanol–water partition coefficient (Wildman–Crippen LogP) is -0.169. The van der Waals surface area contributed by atoms with E-state index in [0.29, 0.717) is 0 Å². The van der Waals surface area contributed by atoms with E-state index in [9.17, 15) is 23.3 Å². The van der Waals surface area contributed by atoms with Crippen LogP contribution in [0.25, 0.3) is 0 Å². The Balaban J connectivity index is 3.47. The third-order valence-corrected chi connectivity index (χ3v) is 3.09. The second-order valence-electron chi connectivity index (χ2n) is 2.73. The summed E-state index contributed by atoms with van der Waals surface area (Å²) in [5.74, 6) is -1.47. The standard InChI is InChI=1S/C7H4ClNO6S/c8-6-4(9(12)13)1-3(7(10)11)2-5(6)16(14)15/h1-2,6H,(H,10,11). The van der Waals surface area contributed by atoms with Gasteiger partial charge in [-0.1, -0.05) is 0 Å². The van der Waals surface area contributed by atoms with Crippen LogP contribution in [0.3, 0.4) is 0 Å². The number of carboxylic acids is 1. The van der Waals surface area contributed by atoms with Crippen LogP contribution in [-0.2, 0) is 15.1 Å². The van der Waals surface area contributed by atoms with Crippen molar-refractivity contribution in [2.24, 2.45) is 0 Å². The Kier molecular flexibility index (Phi) is 3.45. The van der Waals surface area contributed by atoms with E-state index in [1.54, 1.807) is 0 Å². The van der Waals surface area contributed by atoms with Gasteiger partial charge in [-0.05, 0) is 6.08 Å². The van der Waals surface area contributed by atoms with Crippen LogP contribution in [-0.4, -0.2) is 34.7 Å². The number of alkyl halides is 1. The van der Waals surface area contributed by atoms with Gasteiger partial charge >= 0.3 is 5.97 Å². The van der Waals surface area contributed by atoms with Gasteiger partial charge in [0.1, 0.15) is 4.86 Å². The summed E-state index contributed by atoms with van der Waals surface area (Å²) in [6.45, 7) is 0. The van der Waals surface area contributed by atoms with Gasteiger partial charge < -0.3 is 5.11 Å². The van der Waals surface area contributed by atoms with Gasteiger partial charge in [-0.25, -0.2) is 4.79 Å². The lowest BCUT2D eigenvalue weighted by Gasteiger charge is -2.10. The molecule has 0 spiro atoms. The Morgan fingerprint density at radius 2 is 2.06 bits per heavy atom. The SMILES string of the molecule is O=C(O)C1=CC(=S(=O)=O)C(Cl)C([N+](=O)[O-])=C1. The molecule has 7 nitrogen and oxygen atoms in total. The van der Waals surface area contributed by atoms with Crippen molar-refractivity contribution in [1.82, 2.24) is 0 Å². The third-order valence-electron chi connectivity index (χ3n) is 1.76. The molecule has 0 aromatic heterocycles. The monoisotopic (exact) mass is 265 g/mol. The van der Waals surface area contributed by atoms with Gasteiger partial charge in [0.15, 0.2) is 5.38 Å². The number of carboxylic acid groups (broad SMARTS) is 1. The molecule has 16 heavy (non-hydrogen) atoms. The summed E-state index contributed by atoms with van der Waals surface area (Å²) in [6.07, 6.45) is 1.52. The van der Waals surface area contributed by atoms with Crippen molar-refractivity contribution in [3.8, 4) is 0 Å². The number of allylic oxidation sites excluding steroid dienone is 2. The maximum Gasteiger partial charge on any atom is 0.335 e. The van der Waals surface area contributed by atoms with E-state index < -0.39 is 42.7 Å². The number of halogens is 1. The van der Waals surface area contributed by atoms with Crippen molar-refractivity contribution in [3.63, 3.8) is 0 Å². The Hall–Kier alpha value is -1.67. The van der Waals surface area contributed by atoms with Crippen molar-refractivity contribution in [2.45, 2.75) is 5.38 Å². The molecule has 1 atom stereocenters. The molecule has 9 heteroatoms. The average molecular weight is 266 g/mol. The molecule has 0 aliphatic heterocycles. The van der Waals surface area contributed by atoms with Crippen LogP contribution in [0.15, 0.2) is 23.4 Å². The van der Waals surface area contributed by atoms with Crippen molar-refractivity contribution >= 4 is 32.7 Å². The Bertz CT molecular complexity index is 549. The summed E-state index contributed by atoms with van der Waals surface area (Å²) in [5, 5.41) is 17.7. The number of rotatable bonds is 2. The second-order valence-corrected chi connectivity index (χ2v) is 4.11. The first kappa shape index (κ1) is 12.4. The Morgan fingerprint density at radius 1 is 1.50 bits per heavy atom. The lowest BCUT2D eigenvalue weighted by Crippen LogP contribution is -2.26. The molecule has 0 saturated carbocycles. The molecule has 0 radical (unpaired) electrons. The lowest BCUT2D eigenvalue weighted by atomic mass is 10.0. The second kappa shape index (κ2) is 4.45. The minimum absolute atomic E-state index is 0.497. The maximum atomic E-state index is 10.7. The molecule has 0 saturated heterocycles. The topological polar surface area (TPSA) is 115 Å². The van der Waals surface area contributed by atoms with E-state index in [0.717, 1.165) is 12.2 Å². The van der Waals surface area contributed by atoms with Crippen LogP contribution in [0.4, 0.5) is 0 Å². The molecule has 0 amide bonds. The van der Waals surface area contributed by atoms with Crippen molar-refractivity contribution in [3.05, 3.63) is 33.5 Å². The van der Waals surface area contributed by atoms with Gasteiger partial charge in [-0.15, -0.1) is 11.6 Å². The summed E-state index contributed by atoms with van der Waals surface area (Å²) in [5.41, 5.74) is -1.18. The molecule has 86 valence electrons. The van der Waals surface area contributed by atoms with Gasteiger partial charge in [0, 0.05) is 6.08 Å². The highest BCUT2D eigenvalue weighted by molar-refractivity contribution is 7.73. The molecule has 1 aliphatic carbocycles. The Labute approximate surface area is 95.3 Å². The fourth-order valence-corrected chi connectivity index (χ4v) is 1.98. The van der Waals surface area contributed by atoms with E-state index in [1.165, 1.54) is 0 Å². The minimum atomic E-state index is -2.81. The zero-order valence-corrected chi connectivity index (χ0v) is 9.03. The van der Waals surface area contributed by atoms with Crippen molar-refractivity contribution in [1.29, 1.82) is 0 Å². The predicted molar refractivity (Wildman–Crippen MR) is 54.4 cm³/mol. The summed E-state index contributed by atoms with van der Waals surface area (Å²) in [4.78, 5) is 19.7. The average Bonchev–Trinajstić information content (AvgIpc) is 2.16. The highest BCUT2D eigenvalue weighted by Crippen LogP contribution is 2.21. The molecule has 0 aromatic rings. The Morgan fingerprint density at radius 3 is 2.44 bits per heavy atom. The number of hydrogen-bond donors (Lipinski definition) is 1. The maximum absolute atomic E-state index is 10.7. The summed E-state index contributed by atoms with van der Waals surface area (Å²) in [6, 6.07) is 0. The van der Waals surface area contributed by atoms with E-state index in [2.05, 4.69) is 0 Å². The molecule has 0 fully saturated rings. The molecule has 1 N–H and O–H groups in total. The minimum Gasteiger partial charge on any atom is -0.478 e. The zero-order chi connectivity index (χ0) is 12.5. The number of hydrogen-bond acceptors (Lipinski definition) is 5. The van der Waals surface area contributed by atoms with Gasteiger partial charge in [0.25, 0.3) is 5.70 Å². The van der Waals surface area contributed by atoms with Crippen molar-refractivity contribution < 1.29 is 23.2 Å². The number of nitrogens with zero attached hydrogens (tertiary/aromatic N) is 1. The third kappa shape index (κ3) is 2.28. The van der Waals surface area contributed by atoms with Gasteiger partial charge in [0.2, 0.25) is 10.3 Å². The van der Waals surface area contributed by atoms with Crippen LogP contribution >= 0.6 is 11.6 Å². The molecular formula is C7H4ClNO6S. The molecule has 0 bridgehead atoms. The number of nitro groups is 1. The normalized spacial score (nSPS) is 19.8. The largest absolute Gasteiger partial charge is 0.478 e. The quantitative estimate of drug-likeness (QED) is 0.321. The van der Waals surface area contributed by atoms with E-state index in [4.69, 9.17) is 16.7 Å². The highest BCUT2D eigenvalue weighted by atomic mass is 35.5. The van der Waals surface area contributed by atoms with E-state index >= 15 is 0 Å². The first-order chi connectivity index (χ1) is 7.34. The molecule has 0 heterocycles. The molecule has 0 aromatic carbocycles. The first-order valence-corrected chi connectivity index (χ1v) is 5.27. The fraction of sp³-hybridized carbons (Fsp3) is 0.143. The number of carbonyl (C=O) groups is 1. The van der Waals surface area contributed by atoms with Crippen LogP contribution in [0.1, 0.15) is 0 Å².